The van der Waals surface area contributed by atoms with Gasteiger partial charge in [0.05, 0.1) is 0 Å². The van der Waals surface area contributed by atoms with Crippen molar-refractivity contribution in [3.8, 4) is 0 Å². The van der Waals surface area contributed by atoms with Crippen LogP contribution in [0.25, 0.3) is 0 Å². The quantitative estimate of drug-likeness (QED) is 0.521. The molecule has 0 unspecified atom stereocenters. The smallest absolute Gasteiger partial charge is 0.159 e. The van der Waals surface area contributed by atoms with Crippen LogP contribution in [0.1, 0.15) is 19.3 Å². The lowest BCUT2D eigenvalue weighted by Gasteiger charge is -1.88. The van der Waals surface area contributed by atoms with E-state index in [0.29, 0.717) is 5.78 Å². The molecule has 0 atom stereocenters. The van der Waals surface area contributed by atoms with E-state index in [4.69, 9.17) is 0 Å². The topological polar surface area (TPSA) is 17.1 Å². The van der Waals surface area contributed by atoms with Gasteiger partial charge in [-0.3, -0.25) is 4.79 Å². The minimum absolute atomic E-state index is 0.351. The summed E-state index contributed by atoms with van der Waals surface area (Å²) in [5.74, 6) is 0.351. The van der Waals surface area contributed by atoms with Crippen LogP contribution in [0.15, 0.2) is 11.0 Å². The molecule has 0 heterocycles. The van der Waals surface area contributed by atoms with Crippen molar-refractivity contribution in [1.29, 1.82) is 0 Å². The molecule has 2 heteroatoms. The molecule has 1 rings (SSSR count). The summed E-state index contributed by atoms with van der Waals surface area (Å²) in [5.41, 5.74) is 1.03. The Kier molecular flexibility index (Phi) is 2.34. The Balaban J connectivity index is 2.59. The van der Waals surface area contributed by atoms with Crippen molar-refractivity contribution in [3.05, 3.63) is 11.0 Å². The Morgan fingerprint density at radius 1 is 1.56 bits per heavy atom. The van der Waals surface area contributed by atoms with E-state index < -0.39 is 0 Å². The zero-order valence-corrected chi connectivity index (χ0v) is 6.33. The molecule has 0 N–H and O–H groups in total. The number of Topliss-reactive ketones (excluding diaryl/α,β-unsaturated/α-hetero) is 1. The van der Waals surface area contributed by atoms with Gasteiger partial charge in [0.15, 0.2) is 5.78 Å². The van der Waals surface area contributed by atoms with Crippen molar-refractivity contribution in [1.82, 2.24) is 0 Å². The predicted molar refractivity (Wildman–Crippen MR) is 40.5 cm³/mol. The Morgan fingerprint density at radius 3 is 2.78 bits per heavy atom. The van der Waals surface area contributed by atoms with Crippen LogP contribution in [-0.4, -0.2) is 12.0 Å². The summed E-state index contributed by atoms with van der Waals surface area (Å²) in [5, 5.41) is 1.97. The monoisotopic (exact) mass is 142 g/mol. The van der Waals surface area contributed by atoms with Gasteiger partial charge in [0.25, 0.3) is 0 Å². The van der Waals surface area contributed by atoms with E-state index in [-0.39, 0.29) is 0 Å². The normalized spacial score (nSPS) is 23.7. The van der Waals surface area contributed by atoms with Crippen LogP contribution < -0.4 is 0 Å². The van der Waals surface area contributed by atoms with Crippen molar-refractivity contribution in [3.63, 3.8) is 0 Å². The first-order valence-corrected chi connectivity index (χ1v) is 4.38. The molecular weight excluding hydrogens is 132 g/mol. The van der Waals surface area contributed by atoms with Gasteiger partial charge < -0.3 is 0 Å². The van der Waals surface area contributed by atoms with E-state index in [0.717, 1.165) is 24.8 Å². The maximum absolute atomic E-state index is 10.9. The van der Waals surface area contributed by atoms with E-state index in [1.54, 1.807) is 11.8 Å². The Hall–Kier alpha value is -0.240. The molecule has 1 fully saturated rings. The molecular formula is C7H10OS. The van der Waals surface area contributed by atoms with Gasteiger partial charge in [0, 0.05) is 12.0 Å². The van der Waals surface area contributed by atoms with Crippen LogP contribution in [0.5, 0.6) is 0 Å². The second-order valence-electron chi connectivity index (χ2n) is 2.16. The second kappa shape index (κ2) is 3.06. The van der Waals surface area contributed by atoms with Crippen LogP contribution in [0.3, 0.4) is 0 Å². The molecule has 50 valence electrons. The fraction of sp³-hybridized carbons (Fsp3) is 0.571. The third kappa shape index (κ3) is 1.58. The molecule has 0 aliphatic heterocycles. The number of allylic oxidation sites excluding steroid dienone is 1. The van der Waals surface area contributed by atoms with Crippen molar-refractivity contribution in [2.75, 3.05) is 6.26 Å². The van der Waals surface area contributed by atoms with Gasteiger partial charge in [-0.05, 0) is 24.5 Å². The first-order valence-electron chi connectivity index (χ1n) is 3.09. The third-order valence-corrected chi connectivity index (χ3v) is 1.99. The average molecular weight is 142 g/mol. The third-order valence-electron chi connectivity index (χ3n) is 1.47. The summed E-state index contributed by atoms with van der Waals surface area (Å²) in [6.07, 6.45) is 4.82. The van der Waals surface area contributed by atoms with E-state index in [9.17, 15) is 4.79 Å². The Morgan fingerprint density at radius 2 is 2.33 bits per heavy atom. The van der Waals surface area contributed by atoms with Crippen molar-refractivity contribution in [2.45, 2.75) is 19.3 Å². The lowest BCUT2D eigenvalue weighted by Crippen LogP contribution is -1.89. The highest BCUT2D eigenvalue weighted by atomic mass is 32.2. The van der Waals surface area contributed by atoms with E-state index in [2.05, 4.69) is 0 Å². The first kappa shape index (κ1) is 6.87. The number of ketones is 1. The standard InChI is InChI=1S/C7H10OS/c1-9-5-6-3-2-4-7(6)8/h5H,2-4H2,1H3/b6-5-. The lowest BCUT2D eigenvalue weighted by atomic mass is 10.2. The number of hydrogen-bond acceptors (Lipinski definition) is 2. The number of carbonyl (C=O) groups is 1. The highest BCUT2D eigenvalue weighted by molar-refractivity contribution is 8.01. The van der Waals surface area contributed by atoms with Gasteiger partial charge in [0.2, 0.25) is 0 Å². The highest BCUT2D eigenvalue weighted by Crippen LogP contribution is 2.21. The fourth-order valence-corrected chi connectivity index (χ4v) is 1.54. The van der Waals surface area contributed by atoms with E-state index >= 15 is 0 Å². The second-order valence-corrected chi connectivity index (χ2v) is 2.86. The van der Waals surface area contributed by atoms with Crippen LogP contribution >= 0.6 is 11.8 Å². The molecule has 0 aromatic rings. The molecule has 0 amide bonds. The molecule has 9 heavy (non-hydrogen) atoms. The summed E-state index contributed by atoms with van der Waals surface area (Å²) < 4.78 is 0. The molecule has 0 spiro atoms. The predicted octanol–water partition coefficient (Wildman–Crippen LogP) is 1.99. The zero-order chi connectivity index (χ0) is 6.69. The molecule has 0 aromatic carbocycles. The molecule has 1 nitrogen and oxygen atoms in total. The molecule has 0 bridgehead atoms. The summed E-state index contributed by atoms with van der Waals surface area (Å²) in [6.45, 7) is 0. The zero-order valence-electron chi connectivity index (χ0n) is 5.52. The summed E-state index contributed by atoms with van der Waals surface area (Å²) in [4.78, 5) is 10.9. The molecule has 0 aromatic heterocycles. The van der Waals surface area contributed by atoms with Gasteiger partial charge >= 0.3 is 0 Å². The maximum Gasteiger partial charge on any atom is 0.159 e. The van der Waals surface area contributed by atoms with Crippen molar-refractivity contribution >= 4 is 17.5 Å². The van der Waals surface area contributed by atoms with Gasteiger partial charge in [0.1, 0.15) is 0 Å². The van der Waals surface area contributed by atoms with Gasteiger partial charge in [-0.15, -0.1) is 11.8 Å². The van der Waals surface area contributed by atoms with E-state index in [1.165, 1.54) is 0 Å². The van der Waals surface area contributed by atoms with Crippen LogP contribution in [0.2, 0.25) is 0 Å². The van der Waals surface area contributed by atoms with Crippen LogP contribution in [0, 0.1) is 0 Å². The number of thioether (sulfide) groups is 1. The summed E-state index contributed by atoms with van der Waals surface area (Å²) >= 11 is 1.62. The lowest BCUT2D eigenvalue weighted by molar-refractivity contribution is -0.114. The maximum atomic E-state index is 10.9. The number of rotatable bonds is 1. The van der Waals surface area contributed by atoms with E-state index in [1.807, 2.05) is 11.7 Å². The molecule has 0 saturated heterocycles. The highest BCUT2D eigenvalue weighted by Gasteiger charge is 2.15. The molecule has 1 saturated carbocycles. The SMILES string of the molecule is CS/C=C1/CCCC1=O. The first-order chi connectivity index (χ1) is 4.34. The largest absolute Gasteiger partial charge is 0.295 e. The van der Waals surface area contributed by atoms with Gasteiger partial charge in [-0.1, -0.05) is 0 Å². The molecule has 0 radical (unpaired) electrons. The molecule has 1 aliphatic rings. The van der Waals surface area contributed by atoms with Gasteiger partial charge in [-0.25, -0.2) is 0 Å². The fourth-order valence-electron chi connectivity index (χ4n) is 1.01. The van der Waals surface area contributed by atoms with Crippen molar-refractivity contribution < 1.29 is 4.79 Å². The summed E-state index contributed by atoms with van der Waals surface area (Å²) in [7, 11) is 0. The van der Waals surface area contributed by atoms with Crippen LogP contribution in [0.4, 0.5) is 0 Å². The van der Waals surface area contributed by atoms with Crippen LogP contribution in [-0.2, 0) is 4.79 Å². The van der Waals surface area contributed by atoms with Crippen molar-refractivity contribution in [2.24, 2.45) is 0 Å². The number of carbonyl (C=O) groups excluding carboxylic acids is 1. The summed E-state index contributed by atoms with van der Waals surface area (Å²) in [6, 6.07) is 0. The molecule has 1 aliphatic carbocycles. The minimum atomic E-state index is 0.351. The minimum Gasteiger partial charge on any atom is -0.295 e. The van der Waals surface area contributed by atoms with Gasteiger partial charge in [-0.2, -0.15) is 0 Å². The Bertz CT molecular complexity index is 149. The average Bonchev–Trinajstić information content (AvgIpc) is 2.18. The number of hydrogen-bond donors (Lipinski definition) is 0. The Labute approximate surface area is 59.5 Å².